The maximum absolute atomic E-state index is 15.0. The van der Waals surface area contributed by atoms with Crippen LogP contribution in [-0.2, 0) is 33.3 Å². The number of aliphatic hydroxyl groups is 1. The third-order valence-corrected chi connectivity index (χ3v) is 16.3. The Morgan fingerprint density at radius 2 is 1.75 bits per heavy atom. The molecule has 2 spiro atoms. The molecule has 3 heterocycles. The van der Waals surface area contributed by atoms with Crippen LogP contribution in [0.5, 0.6) is 0 Å². The highest BCUT2D eigenvalue weighted by Gasteiger charge is 2.85. The van der Waals surface area contributed by atoms with Crippen molar-refractivity contribution in [1.82, 2.24) is 4.90 Å². The number of esters is 1. The number of hydrogen-bond donors (Lipinski definition) is 1. The fraction of sp³-hybridized carbons (Fsp3) is 0.949. The lowest BCUT2D eigenvalue weighted by atomic mass is 9.41. The van der Waals surface area contributed by atoms with E-state index in [1.807, 2.05) is 0 Å². The Hall–Kier alpha value is -1.10. The molecule has 13 unspecified atom stereocenters. The van der Waals surface area contributed by atoms with Crippen LogP contribution in [0.3, 0.4) is 0 Å². The zero-order valence-corrected chi connectivity index (χ0v) is 30.7. The highest BCUT2D eigenvalue weighted by atomic mass is 16.7. The molecule has 8 fully saturated rings. The average Bonchev–Trinajstić information content (AvgIpc) is 3.61. The summed E-state index contributed by atoms with van der Waals surface area (Å²) in [4.78, 5) is 29.6. The van der Waals surface area contributed by atoms with Crippen molar-refractivity contribution in [3.8, 4) is 0 Å². The Bertz CT molecular complexity index is 1330. The fourth-order valence-electron chi connectivity index (χ4n) is 14.0. The first-order chi connectivity index (χ1) is 22.5. The molecule has 0 amide bonds. The van der Waals surface area contributed by atoms with Crippen molar-refractivity contribution in [2.24, 2.45) is 50.7 Å². The van der Waals surface area contributed by atoms with Crippen LogP contribution in [0.15, 0.2) is 0 Å². The molecule has 1 N–H and O–H groups in total. The van der Waals surface area contributed by atoms with Crippen LogP contribution in [0.2, 0.25) is 0 Å². The number of nitrogens with zero attached hydrogens (tertiary/aromatic N) is 1. The van der Waals surface area contributed by atoms with Crippen molar-refractivity contribution in [2.45, 2.75) is 149 Å². The normalized spacial score (nSPS) is 50.6. The zero-order chi connectivity index (χ0) is 34.2. The molecule has 5 saturated carbocycles. The number of carbonyl (C=O) groups is 2. The van der Waals surface area contributed by atoms with E-state index in [2.05, 4.69) is 39.5 Å². The van der Waals surface area contributed by atoms with Crippen LogP contribution in [0, 0.1) is 50.7 Å². The van der Waals surface area contributed by atoms with Crippen molar-refractivity contribution in [3.05, 3.63) is 0 Å². The van der Waals surface area contributed by atoms with Gasteiger partial charge in [0.15, 0.2) is 18.2 Å². The number of carbonyl (C=O) groups excluding carboxylic acids is 2. The van der Waals surface area contributed by atoms with Crippen LogP contribution >= 0.6 is 0 Å². The average molecular weight is 672 g/mol. The van der Waals surface area contributed by atoms with Gasteiger partial charge < -0.3 is 28.8 Å². The van der Waals surface area contributed by atoms with Gasteiger partial charge in [-0.3, -0.25) is 14.5 Å². The summed E-state index contributed by atoms with van der Waals surface area (Å²) in [6.45, 7) is 20.7. The van der Waals surface area contributed by atoms with Crippen LogP contribution in [0.25, 0.3) is 0 Å². The molecule has 3 saturated heterocycles. The summed E-state index contributed by atoms with van der Waals surface area (Å²) in [6, 6.07) is 0.501. The van der Waals surface area contributed by atoms with Crippen molar-refractivity contribution in [3.63, 3.8) is 0 Å². The largest absolute Gasteiger partial charge is 0.457 e. The summed E-state index contributed by atoms with van der Waals surface area (Å²) >= 11 is 0. The minimum atomic E-state index is -1.28. The minimum absolute atomic E-state index is 0.0287. The molecule has 3 aliphatic heterocycles. The molecule has 9 heteroatoms. The fourth-order valence-corrected chi connectivity index (χ4v) is 14.0. The molecular formula is C39H61NO8. The van der Waals surface area contributed by atoms with Crippen molar-refractivity contribution >= 4 is 11.8 Å². The van der Waals surface area contributed by atoms with Gasteiger partial charge in [0.25, 0.3) is 0 Å². The van der Waals surface area contributed by atoms with E-state index in [0.29, 0.717) is 30.9 Å². The zero-order valence-electron chi connectivity index (χ0n) is 30.7. The molecule has 8 aliphatic rings. The van der Waals surface area contributed by atoms with Crippen LogP contribution in [0.4, 0.5) is 0 Å². The predicted octanol–water partition coefficient (Wildman–Crippen LogP) is 5.15. The Balaban J connectivity index is 1.03. The first kappa shape index (κ1) is 34.0. The summed E-state index contributed by atoms with van der Waals surface area (Å²) in [5, 5.41) is 11.0. The van der Waals surface area contributed by atoms with Crippen LogP contribution < -0.4 is 0 Å². The van der Waals surface area contributed by atoms with E-state index in [1.165, 1.54) is 26.2 Å². The van der Waals surface area contributed by atoms with Crippen LogP contribution in [-0.4, -0.2) is 97.0 Å². The number of morpholine rings is 1. The molecule has 5 aliphatic carbocycles. The second-order valence-electron chi connectivity index (χ2n) is 19.1. The number of ketones is 1. The third kappa shape index (κ3) is 4.49. The number of fused-ring (bicyclic) bond motifs is 4. The van der Waals surface area contributed by atoms with Gasteiger partial charge in [0.2, 0.25) is 0 Å². The molecule has 270 valence electrons. The molecule has 0 bridgehead atoms. The van der Waals surface area contributed by atoms with Gasteiger partial charge in [-0.05, 0) is 105 Å². The Morgan fingerprint density at radius 1 is 1.04 bits per heavy atom. The van der Waals surface area contributed by atoms with E-state index in [-0.39, 0.29) is 51.7 Å². The maximum atomic E-state index is 15.0. The molecular weight excluding hydrogens is 610 g/mol. The predicted molar refractivity (Wildman–Crippen MR) is 178 cm³/mol. The Kier molecular flexibility index (Phi) is 7.76. The number of Topliss-reactive ketones (excluding diaryl/α,β-unsaturated/α-hetero) is 1. The second kappa shape index (κ2) is 11.0. The lowest BCUT2D eigenvalue weighted by Gasteiger charge is -2.62. The number of rotatable bonds is 6. The molecule has 0 aromatic rings. The molecule has 48 heavy (non-hydrogen) atoms. The van der Waals surface area contributed by atoms with E-state index < -0.39 is 35.3 Å². The summed E-state index contributed by atoms with van der Waals surface area (Å²) in [7, 11) is 0. The van der Waals surface area contributed by atoms with Gasteiger partial charge in [0, 0.05) is 24.8 Å². The number of hydrogen-bond acceptors (Lipinski definition) is 9. The van der Waals surface area contributed by atoms with Crippen molar-refractivity contribution in [1.29, 1.82) is 0 Å². The minimum Gasteiger partial charge on any atom is -0.457 e. The molecule has 0 aromatic carbocycles. The molecule has 13 atom stereocenters. The Morgan fingerprint density at radius 3 is 2.42 bits per heavy atom. The SMILES string of the molecule is CC(=O)OC(C1CC(C)C2C(O1)C(=O)C1(C)C3CCC4C(C)(C)C(OC5CN(C6COC6)CCO5)CCC45CC35CCC21C)C(C)(C)O. The summed E-state index contributed by atoms with van der Waals surface area (Å²) < 4.78 is 31.0. The standard InChI is InChI=1S/C39H61NO8/c1-22-17-25(33(35(5,6)43)46-23(2)41)47-31-30(22)36(7)13-14-39-21-38(39)12-11-28(48-29-18-40(15-16-45-29)24-19-44-20-24)34(3,4)26(38)9-10-27(39)37(36,8)32(31)42/h22,24-31,33,43H,9-21H2,1-8H3. The van der Waals surface area contributed by atoms with E-state index >= 15 is 4.79 Å². The lowest BCUT2D eigenvalue weighted by Crippen LogP contribution is -2.60. The van der Waals surface area contributed by atoms with Gasteiger partial charge in [-0.25, -0.2) is 0 Å². The van der Waals surface area contributed by atoms with Gasteiger partial charge in [-0.1, -0.05) is 34.6 Å². The third-order valence-electron chi connectivity index (χ3n) is 16.3. The van der Waals surface area contributed by atoms with Gasteiger partial charge in [-0.2, -0.15) is 0 Å². The summed E-state index contributed by atoms with van der Waals surface area (Å²) in [6.07, 6.45) is 6.69. The quantitative estimate of drug-likeness (QED) is 0.384. The van der Waals surface area contributed by atoms with E-state index in [0.717, 1.165) is 52.0 Å². The topological polar surface area (TPSA) is 104 Å². The monoisotopic (exact) mass is 671 g/mol. The molecule has 0 aromatic heterocycles. The lowest BCUT2D eigenvalue weighted by molar-refractivity contribution is -0.255. The first-order valence-corrected chi connectivity index (χ1v) is 19.2. The first-order valence-electron chi connectivity index (χ1n) is 19.2. The smallest absolute Gasteiger partial charge is 0.303 e. The molecule has 9 nitrogen and oxygen atoms in total. The van der Waals surface area contributed by atoms with Gasteiger partial charge in [-0.15, -0.1) is 0 Å². The summed E-state index contributed by atoms with van der Waals surface area (Å²) in [5.41, 5.74) is -1.39. The van der Waals surface area contributed by atoms with E-state index in [9.17, 15) is 9.90 Å². The van der Waals surface area contributed by atoms with Gasteiger partial charge >= 0.3 is 5.97 Å². The molecule has 0 radical (unpaired) electrons. The van der Waals surface area contributed by atoms with E-state index in [4.69, 9.17) is 23.7 Å². The number of ether oxygens (including phenoxy) is 5. The van der Waals surface area contributed by atoms with Gasteiger partial charge in [0.1, 0.15) is 6.10 Å². The maximum Gasteiger partial charge on any atom is 0.303 e. The molecule has 8 rings (SSSR count). The second-order valence-corrected chi connectivity index (χ2v) is 19.1. The highest BCUT2D eigenvalue weighted by Crippen LogP contribution is 2.89. The summed E-state index contributed by atoms with van der Waals surface area (Å²) in [5.74, 6) is 1.08. The van der Waals surface area contributed by atoms with Crippen LogP contribution in [0.1, 0.15) is 107 Å². The van der Waals surface area contributed by atoms with Crippen molar-refractivity contribution < 1.29 is 38.4 Å². The van der Waals surface area contributed by atoms with E-state index in [1.54, 1.807) is 13.8 Å². The van der Waals surface area contributed by atoms with Crippen molar-refractivity contribution in [2.75, 3.05) is 32.9 Å². The highest BCUT2D eigenvalue weighted by molar-refractivity contribution is 5.93. The Labute approximate surface area is 287 Å². The van der Waals surface area contributed by atoms with Gasteiger partial charge in [0.05, 0.1) is 50.2 Å².